The van der Waals surface area contributed by atoms with Crippen molar-refractivity contribution in [3.8, 4) is 0 Å². The number of nitrogens with one attached hydrogen (secondary N) is 2. The maximum Gasteiger partial charge on any atom is 0.231 e. The SMILES string of the molecule is CCNC(=NCC(C)(C)Cc1ccccc1)NC1CCN(CC(N)=O)CC1. The van der Waals surface area contributed by atoms with Crippen LogP contribution >= 0.6 is 0 Å². The highest BCUT2D eigenvalue weighted by Gasteiger charge is 2.22. The Labute approximate surface area is 163 Å². The fourth-order valence-electron chi connectivity index (χ4n) is 3.47. The van der Waals surface area contributed by atoms with Gasteiger partial charge in [-0.2, -0.15) is 0 Å². The smallest absolute Gasteiger partial charge is 0.231 e. The van der Waals surface area contributed by atoms with Gasteiger partial charge in [-0.25, -0.2) is 0 Å². The second-order valence-corrected chi connectivity index (χ2v) is 8.18. The lowest BCUT2D eigenvalue weighted by molar-refractivity contribution is -0.119. The van der Waals surface area contributed by atoms with Gasteiger partial charge in [0.25, 0.3) is 0 Å². The fraction of sp³-hybridized carbons (Fsp3) is 0.619. The second kappa shape index (κ2) is 10.3. The van der Waals surface area contributed by atoms with Gasteiger partial charge in [0.1, 0.15) is 0 Å². The molecule has 6 heteroatoms. The summed E-state index contributed by atoms with van der Waals surface area (Å²) in [7, 11) is 0. The topological polar surface area (TPSA) is 82.8 Å². The van der Waals surface area contributed by atoms with Crippen molar-refractivity contribution in [3.05, 3.63) is 35.9 Å². The van der Waals surface area contributed by atoms with Crippen LogP contribution in [0.4, 0.5) is 0 Å². The van der Waals surface area contributed by atoms with E-state index in [9.17, 15) is 4.79 Å². The summed E-state index contributed by atoms with van der Waals surface area (Å²) in [5, 5.41) is 6.92. The van der Waals surface area contributed by atoms with E-state index in [1.807, 2.05) is 0 Å². The molecular weight excluding hydrogens is 338 g/mol. The molecule has 1 aliphatic rings. The summed E-state index contributed by atoms with van der Waals surface area (Å²) < 4.78 is 0. The lowest BCUT2D eigenvalue weighted by Gasteiger charge is -2.32. The van der Waals surface area contributed by atoms with E-state index in [1.165, 1.54) is 5.56 Å². The minimum absolute atomic E-state index is 0.0918. The van der Waals surface area contributed by atoms with E-state index >= 15 is 0 Å². The molecular formula is C21H35N5O. The average Bonchev–Trinajstić information content (AvgIpc) is 2.62. The van der Waals surface area contributed by atoms with Crippen molar-refractivity contribution in [2.75, 3.05) is 32.7 Å². The number of rotatable bonds is 8. The lowest BCUT2D eigenvalue weighted by Crippen LogP contribution is -2.50. The molecule has 2 rings (SSSR count). The van der Waals surface area contributed by atoms with Crippen molar-refractivity contribution in [2.45, 2.75) is 46.1 Å². The Morgan fingerprint density at radius 1 is 1.26 bits per heavy atom. The standard InChI is InChI=1S/C21H35N5O/c1-4-23-20(25-18-10-12-26(13-11-18)15-19(22)27)24-16-21(2,3)14-17-8-6-5-7-9-17/h5-9,18H,4,10-16H2,1-3H3,(H2,22,27)(H2,23,24,25). The Morgan fingerprint density at radius 3 is 2.52 bits per heavy atom. The van der Waals surface area contributed by atoms with Gasteiger partial charge in [-0.05, 0) is 37.2 Å². The predicted octanol–water partition coefficient (Wildman–Crippen LogP) is 1.76. The molecule has 0 atom stereocenters. The molecule has 0 spiro atoms. The van der Waals surface area contributed by atoms with Crippen LogP contribution in [0.25, 0.3) is 0 Å². The molecule has 0 radical (unpaired) electrons. The largest absolute Gasteiger partial charge is 0.369 e. The Hall–Kier alpha value is -2.08. The zero-order chi connectivity index (χ0) is 19.7. The first-order valence-corrected chi connectivity index (χ1v) is 9.97. The van der Waals surface area contributed by atoms with Crippen LogP contribution in [0.15, 0.2) is 35.3 Å². The third kappa shape index (κ3) is 7.99. The molecule has 0 bridgehead atoms. The number of piperidine rings is 1. The van der Waals surface area contributed by atoms with E-state index in [0.29, 0.717) is 12.6 Å². The minimum atomic E-state index is -0.253. The molecule has 1 aromatic rings. The number of nitrogens with zero attached hydrogens (tertiary/aromatic N) is 2. The molecule has 0 saturated carbocycles. The van der Waals surface area contributed by atoms with Crippen LogP contribution in [-0.2, 0) is 11.2 Å². The molecule has 27 heavy (non-hydrogen) atoms. The molecule has 150 valence electrons. The van der Waals surface area contributed by atoms with Crippen LogP contribution in [0, 0.1) is 5.41 Å². The zero-order valence-corrected chi connectivity index (χ0v) is 17.0. The van der Waals surface area contributed by atoms with E-state index in [-0.39, 0.29) is 11.3 Å². The van der Waals surface area contributed by atoms with E-state index in [0.717, 1.165) is 51.4 Å². The van der Waals surface area contributed by atoms with Crippen LogP contribution in [-0.4, -0.2) is 55.5 Å². The van der Waals surface area contributed by atoms with Gasteiger partial charge in [-0.1, -0.05) is 44.2 Å². The normalized spacial score (nSPS) is 16.9. The summed E-state index contributed by atoms with van der Waals surface area (Å²) in [6, 6.07) is 11.0. The Balaban J connectivity index is 1.87. The molecule has 0 aromatic heterocycles. The first-order valence-electron chi connectivity index (χ1n) is 9.97. The number of nitrogens with two attached hydrogens (primary N) is 1. The Morgan fingerprint density at radius 2 is 1.93 bits per heavy atom. The summed E-state index contributed by atoms with van der Waals surface area (Å²) in [6.07, 6.45) is 2.98. The van der Waals surface area contributed by atoms with Crippen LogP contribution in [0.1, 0.15) is 39.2 Å². The molecule has 1 heterocycles. The quantitative estimate of drug-likeness (QED) is 0.479. The molecule has 0 unspecified atom stereocenters. The molecule has 6 nitrogen and oxygen atoms in total. The maximum atomic E-state index is 11.1. The summed E-state index contributed by atoms with van der Waals surface area (Å²) in [4.78, 5) is 18.0. The summed E-state index contributed by atoms with van der Waals surface area (Å²) in [5.74, 6) is 0.629. The van der Waals surface area contributed by atoms with Crippen molar-refractivity contribution < 1.29 is 4.79 Å². The van der Waals surface area contributed by atoms with E-state index in [2.05, 4.69) is 66.6 Å². The molecule has 1 aromatic carbocycles. The van der Waals surface area contributed by atoms with E-state index in [4.69, 9.17) is 10.7 Å². The monoisotopic (exact) mass is 373 g/mol. The summed E-state index contributed by atoms with van der Waals surface area (Å²) in [5.41, 5.74) is 6.73. The molecule has 1 fully saturated rings. The first kappa shape index (κ1) is 21.2. The fourth-order valence-corrected chi connectivity index (χ4v) is 3.47. The van der Waals surface area contributed by atoms with E-state index < -0.39 is 0 Å². The second-order valence-electron chi connectivity index (χ2n) is 8.18. The summed E-state index contributed by atoms with van der Waals surface area (Å²) >= 11 is 0. The van der Waals surface area contributed by atoms with E-state index in [1.54, 1.807) is 0 Å². The maximum absolute atomic E-state index is 11.1. The van der Waals surface area contributed by atoms with Crippen molar-refractivity contribution in [1.82, 2.24) is 15.5 Å². The number of amides is 1. The van der Waals surface area contributed by atoms with Gasteiger partial charge in [0.2, 0.25) is 5.91 Å². The number of hydrogen-bond donors (Lipinski definition) is 3. The Bertz CT molecular complexity index is 606. The van der Waals surface area contributed by atoms with Gasteiger partial charge in [-0.3, -0.25) is 14.7 Å². The number of aliphatic imine (C=N–C) groups is 1. The molecule has 1 amide bonds. The summed E-state index contributed by atoms with van der Waals surface area (Å²) in [6.45, 7) is 10.3. The van der Waals surface area contributed by atoms with Gasteiger partial charge >= 0.3 is 0 Å². The molecule has 1 aliphatic heterocycles. The van der Waals surface area contributed by atoms with Gasteiger partial charge in [0.05, 0.1) is 6.54 Å². The predicted molar refractivity (Wildman–Crippen MR) is 112 cm³/mol. The van der Waals surface area contributed by atoms with Crippen molar-refractivity contribution in [2.24, 2.45) is 16.1 Å². The highest BCUT2D eigenvalue weighted by atomic mass is 16.1. The zero-order valence-electron chi connectivity index (χ0n) is 17.0. The number of likely N-dealkylation sites (tertiary alicyclic amines) is 1. The third-order valence-corrected chi connectivity index (χ3v) is 4.84. The average molecular weight is 374 g/mol. The number of carbonyl (C=O) groups is 1. The first-order chi connectivity index (χ1) is 12.9. The van der Waals surface area contributed by atoms with Crippen LogP contribution in [0.3, 0.4) is 0 Å². The highest BCUT2D eigenvalue weighted by Crippen LogP contribution is 2.22. The number of hydrogen-bond acceptors (Lipinski definition) is 3. The van der Waals surface area contributed by atoms with Crippen molar-refractivity contribution in [3.63, 3.8) is 0 Å². The Kier molecular flexibility index (Phi) is 8.10. The van der Waals surface area contributed by atoms with Gasteiger partial charge in [0, 0.05) is 32.2 Å². The van der Waals surface area contributed by atoms with Crippen LogP contribution < -0.4 is 16.4 Å². The van der Waals surface area contributed by atoms with Crippen LogP contribution in [0.2, 0.25) is 0 Å². The molecule has 4 N–H and O–H groups in total. The number of guanidine groups is 1. The van der Waals surface area contributed by atoms with Gasteiger partial charge in [-0.15, -0.1) is 0 Å². The van der Waals surface area contributed by atoms with Crippen molar-refractivity contribution in [1.29, 1.82) is 0 Å². The van der Waals surface area contributed by atoms with Gasteiger partial charge < -0.3 is 16.4 Å². The van der Waals surface area contributed by atoms with Crippen LogP contribution in [0.5, 0.6) is 0 Å². The minimum Gasteiger partial charge on any atom is -0.369 e. The number of carbonyl (C=O) groups excluding carboxylic acids is 1. The van der Waals surface area contributed by atoms with Crippen molar-refractivity contribution >= 4 is 11.9 Å². The molecule has 1 saturated heterocycles. The molecule has 0 aliphatic carbocycles. The van der Waals surface area contributed by atoms with Gasteiger partial charge in [0.15, 0.2) is 5.96 Å². The number of benzene rings is 1. The number of primary amides is 1. The highest BCUT2D eigenvalue weighted by molar-refractivity contribution is 5.80. The third-order valence-electron chi connectivity index (χ3n) is 4.84. The lowest BCUT2D eigenvalue weighted by atomic mass is 9.86.